The quantitative estimate of drug-likeness (QED) is 0.809. The zero-order chi connectivity index (χ0) is 18.7. The second-order valence-corrected chi connectivity index (χ2v) is 6.28. The van der Waals surface area contributed by atoms with E-state index in [9.17, 15) is 4.79 Å². The number of anilines is 1. The molecule has 0 radical (unpaired) electrons. The van der Waals surface area contributed by atoms with Crippen molar-refractivity contribution in [2.75, 3.05) is 39.8 Å². The average Bonchev–Trinajstić information content (AvgIpc) is 3.16. The highest BCUT2D eigenvalue weighted by Crippen LogP contribution is 2.34. The van der Waals surface area contributed by atoms with Crippen LogP contribution in [-0.4, -0.2) is 60.6 Å². The lowest BCUT2D eigenvalue weighted by atomic mass is 10.1. The van der Waals surface area contributed by atoms with Crippen LogP contribution in [0.3, 0.4) is 0 Å². The number of rotatable bonds is 5. The molecule has 0 aromatic carbocycles. The van der Waals surface area contributed by atoms with Crippen LogP contribution in [0.5, 0.6) is 11.9 Å². The van der Waals surface area contributed by atoms with E-state index in [0.29, 0.717) is 12.4 Å². The molecule has 1 saturated heterocycles. The van der Waals surface area contributed by atoms with E-state index >= 15 is 0 Å². The van der Waals surface area contributed by atoms with Crippen molar-refractivity contribution >= 4 is 11.7 Å². The van der Waals surface area contributed by atoms with Crippen LogP contribution in [0, 0.1) is 0 Å². The van der Waals surface area contributed by atoms with Crippen LogP contribution in [0.15, 0.2) is 24.4 Å². The molecule has 0 unspecified atom stereocenters. The summed E-state index contributed by atoms with van der Waals surface area (Å²) in [4.78, 5) is 29.5. The molecular formula is C18H23N5O3. The number of methoxy groups -OCH3 is 2. The molecule has 26 heavy (non-hydrogen) atoms. The number of hydrogen-bond donors (Lipinski definition) is 0. The lowest BCUT2D eigenvalue weighted by Crippen LogP contribution is -2.31. The Morgan fingerprint density at radius 3 is 2.73 bits per heavy atom. The van der Waals surface area contributed by atoms with Gasteiger partial charge in [-0.2, -0.15) is 9.97 Å². The summed E-state index contributed by atoms with van der Waals surface area (Å²) in [6, 6.07) is 5.64. The first-order valence-corrected chi connectivity index (χ1v) is 8.44. The lowest BCUT2D eigenvalue weighted by molar-refractivity contribution is 0.0727. The smallest absolute Gasteiger partial charge is 0.320 e. The molecule has 0 N–H and O–H groups in total. The highest BCUT2D eigenvalue weighted by atomic mass is 16.5. The maximum absolute atomic E-state index is 13.1. The van der Waals surface area contributed by atoms with Gasteiger partial charge in [0.25, 0.3) is 5.91 Å². The van der Waals surface area contributed by atoms with Crippen molar-refractivity contribution in [1.29, 1.82) is 0 Å². The summed E-state index contributed by atoms with van der Waals surface area (Å²) in [6.45, 7) is 0.678. The van der Waals surface area contributed by atoms with Crippen molar-refractivity contribution in [2.45, 2.75) is 18.9 Å². The summed E-state index contributed by atoms with van der Waals surface area (Å²) >= 11 is 0. The average molecular weight is 357 g/mol. The predicted octanol–water partition coefficient (Wildman–Crippen LogP) is 1.93. The molecule has 0 spiro atoms. The Morgan fingerprint density at radius 2 is 2.04 bits per heavy atom. The first-order valence-electron chi connectivity index (χ1n) is 8.44. The van der Waals surface area contributed by atoms with Crippen molar-refractivity contribution in [3.05, 3.63) is 35.7 Å². The summed E-state index contributed by atoms with van der Waals surface area (Å²) in [6.07, 6.45) is 3.62. The van der Waals surface area contributed by atoms with Crippen LogP contribution in [-0.2, 0) is 0 Å². The number of nitrogens with zero attached hydrogens (tertiary/aromatic N) is 5. The van der Waals surface area contributed by atoms with Crippen molar-refractivity contribution in [1.82, 2.24) is 19.9 Å². The Balaban J connectivity index is 1.90. The molecule has 1 atom stereocenters. The Morgan fingerprint density at radius 1 is 1.23 bits per heavy atom. The Hall–Kier alpha value is -2.90. The normalized spacial score (nSPS) is 16.5. The maximum Gasteiger partial charge on any atom is 0.320 e. The summed E-state index contributed by atoms with van der Waals surface area (Å²) in [5.74, 6) is 1.01. The molecule has 1 aliphatic heterocycles. The number of pyridine rings is 1. The van der Waals surface area contributed by atoms with Gasteiger partial charge in [0.2, 0.25) is 5.88 Å². The van der Waals surface area contributed by atoms with Crippen molar-refractivity contribution in [3.63, 3.8) is 0 Å². The van der Waals surface area contributed by atoms with Gasteiger partial charge in [-0.15, -0.1) is 0 Å². The number of carbonyl (C=O) groups is 1. The van der Waals surface area contributed by atoms with Crippen LogP contribution < -0.4 is 14.4 Å². The summed E-state index contributed by atoms with van der Waals surface area (Å²) in [7, 11) is 6.85. The van der Waals surface area contributed by atoms with Crippen LogP contribution >= 0.6 is 0 Å². The molecule has 3 heterocycles. The molecule has 0 bridgehead atoms. The number of carbonyl (C=O) groups excluding carboxylic acids is 1. The van der Waals surface area contributed by atoms with Gasteiger partial charge >= 0.3 is 6.01 Å². The molecule has 8 heteroatoms. The Kier molecular flexibility index (Phi) is 5.20. The first-order chi connectivity index (χ1) is 12.5. The predicted molar refractivity (Wildman–Crippen MR) is 96.7 cm³/mol. The summed E-state index contributed by atoms with van der Waals surface area (Å²) in [5, 5.41) is 0. The summed E-state index contributed by atoms with van der Waals surface area (Å²) < 4.78 is 10.2. The number of likely N-dealkylation sites (tertiary alicyclic amines) is 1. The van der Waals surface area contributed by atoms with E-state index in [0.717, 1.165) is 24.2 Å². The van der Waals surface area contributed by atoms with E-state index in [2.05, 4.69) is 15.0 Å². The van der Waals surface area contributed by atoms with E-state index < -0.39 is 0 Å². The zero-order valence-electron chi connectivity index (χ0n) is 15.5. The number of ether oxygens (including phenoxy) is 2. The number of aromatic nitrogens is 3. The lowest BCUT2D eigenvalue weighted by Gasteiger charge is -2.25. The fraction of sp³-hybridized carbons (Fsp3) is 0.444. The first kappa shape index (κ1) is 17.9. The van der Waals surface area contributed by atoms with E-state index in [-0.39, 0.29) is 23.7 Å². The van der Waals surface area contributed by atoms with E-state index in [1.165, 1.54) is 20.3 Å². The van der Waals surface area contributed by atoms with Gasteiger partial charge < -0.3 is 19.3 Å². The highest BCUT2D eigenvalue weighted by Gasteiger charge is 2.32. The van der Waals surface area contributed by atoms with Crippen LogP contribution in [0.25, 0.3) is 0 Å². The van der Waals surface area contributed by atoms with Gasteiger partial charge in [-0.1, -0.05) is 0 Å². The minimum absolute atomic E-state index is 0.00356. The highest BCUT2D eigenvalue weighted by molar-refractivity contribution is 5.93. The molecule has 2 aromatic rings. The van der Waals surface area contributed by atoms with Gasteiger partial charge in [0.1, 0.15) is 11.5 Å². The van der Waals surface area contributed by atoms with E-state index in [4.69, 9.17) is 9.47 Å². The van der Waals surface area contributed by atoms with Gasteiger partial charge in [0.15, 0.2) is 0 Å². The topological polar surface area (TPSA) is 80.7 Å². The molecule has 1 fully saturated rings. The minimum atomic E-state index is -0.158. The largest absolute Gasteiger partial charge is 0.481 e. The van der Waals surface area contributed by atoms with Crippen LogP contribution in [0.1, 0.15) is 34.9 Å². The van der Waals surface area contributed by atoms with Gasteiger partial charge in [-0.3, -0.25) is 4.79 Å². The number of hydrogen-bond acceptors (Lipinski definition) is 7. The molecular weight excluding hydrogens is 334 g/mol. The molecule has 8 nitrogen and oxygen atoms in total. The molecule has 2 aromatic heterocycles. The maximum atomic E-state index is 13.1. The molecule has 3 rings (SSSR count). The monoisotopic (exact) mass is 357 g/mol. The van der Waals surface area contributed by atoms with Gasteiger partial charge in [0, 0.05) is 32.9 Å². The molecule has 0 aliphatic carbocycles. The number of amides is 1. The second kappa shape index (κ2) is 7.55. The third-order valence-electron chi connectivity index (χ3n) is 4.42. The zero-order valence-corrected chi connectivity index (χ0v) is 15.5. The van der Waals surface area contributed by atoms with Crippen molar-refractivity contribution in [2.24, 2.45) is 0 Å². The van der Waals surface area contributed by atoms with Gasteiger partial charge in [-0.05, 0) is 30.5 Å². The van der Waals surface area contributed by atoms with Crippen LogP contribution in [0.2, 0.25) is 0 Å². The molecule has 138 valence electrons. The standard InChI is InChI=1S/C18H23N5O3/c1-22(2)15-10-12(7-8-19-15)14-6-5-9-23(14)17(24)13-11-16(25-3)21-18(20-13)26-4/h7-8,10-11,14H,5-6,9H2,1-4H3/t14-/m1/s1. The third-order valence-corrected chi connectivity index (χ3v) is 4.42. The fourth-order valence-corrected chi connectivity index (χ4v) is 3.10. The second-order valence-electron chi connectivity index (χ2n) is 6.28. The molecule has 0 saturated carbocycles. The molecule has 1 amide bonds. The van der Waals surface area contributed by atoms with Crippen molar-refractivity contribution < 1.29 is 14.3 Å². The van der Waals surface area contributed by atoms with Crippen LogP contribution in [0.4, 0.5) is 5.82 Å². The van der Waals surface area contributed by atoms with Gasteiger partial charge in [-0.25, -0.2) is 4.98 Å². The molecule has 1 aliphatic rings. The fourth-order valence-electron chi connectivity index (χ4n) is 3.10. The van der Waals surface area contributed by atoms with E-state index in [1.54, 1.807) is 6.20 Å². The SMILES string of the molecule is COc1cc(C(=O)N2CCC[C@@H]2c2ccnc(N(C)C)c2)nc(OC)n1. The Labute approximate surface area is 152 Å². The van der Waals surface area contributed by atoms with Crippen molar-refractivity contribution in [3.8, 4) is 11.9 Å². The Bertz CT molecular complexity index is 774. The third kappa shape index (κ3) is 3.54. The van der Waals surface area contributed by atoms with E-state index in [1.807, 2.05) is 36.0 Å². The minimum Gasteiger partial charge on any atom is -0.481 e. The summed E-state index contributed by atoms with van der Waals surface area (Å²) in [5.41, 5.74) is 1.34. The van der Waals surface area contributed by atoms with Gasteiger partial charge in [0.05, 0.1) is 20.3 Å².